The minimum Gasteiger partial charge on any atom is -0.497 e. The maximum atomic E-state index is 12.5. The lowest BCUT2D eigenvalue weighted by Gasteiger charge is -2.23. The molecular weight excluding hydrogens is 436 g/mol. The molecule has 1 fully saturated rings. The van der Waals surface area contributed by atoms with Crippen LogP contribution in [-0.4, -0.2) is 47.5 Å². The molecule has 8 heteroatoms. The summed E-state index contributed by atoms with van der Waals surface area (Å²) in [6.45, 7) is 8.68. The second kappa shape index (κ2) is 10.1. The number of rotatable bonds is 7. The molecule has 0 aliphatic carbocycles. The number of thiazole rings is 1. The standard InChI is InChI=1S/C25H32N4O3S/c1-25(2,3)29-24(18-5-7-19(31-4)8-6-18)20(15-27-29)21-16-33-23(28-21)13-22(30)26-14-17-9-11-32-12-10-17/h5-8,15-17H,9-14H2,1-4H3,(H,26,30). The summed E-state index contributed by atoms with van der Waals surface area (Å²) in [6.07, 6.45) is 4.18. The number of carbonyl (C=O) groups is 1. The highest BCUT2D eigenvalue weighted by atomic mass is 32.1. The summed E-state index contributed by atoms with van der Waals surface area (Å²) < 4.78 is 12.7. The van der Waals surface area contributed by atoms with Crippen LogP contribution in [0.4, 0.5) is 0 Å². The van der Waals surface area contributed by atoms with Crippen molar-refractivity contribution in [2.45, 2.75) is 45.6 Å². The average molecular weight is 469 g/mol. The van der Waals surface area contributed by atoms with Gasteiger partial charge in [0.15, 0.2) is 0 Å². The van der Waals surface area contributed by atoms with E-state index in [0.29, 0.717) is 18.9 Å². The van der Waals surface area contributed by atoms with Crippen LogP contribution in [0, 0.1) is 5.92 Å². The van der Waals surface area contributed by atoms with Crippen molar-refractivity contribution in [3.05, 3.63) is 40.8 Å². The monoisotopic (exact) mass is 468 g/mol. The van der Waals surface area contributed by atoms with E-state index in [1.165, 1.54) is 11.3 Å². The van der Waals surface area contributed by atoms with Gasteiger partial charge in [-0.1, -0.05) is 0 Å². The van der Waals surface area contributed by atoms with Crippen molar-refractivity contribution in [1.29, 1.82) is 0 Å². The molecule has 1 aliphatic heterocycles. The highest BCUT2D eigenvalue weighted by Gasteiger charge is 2.24. The number of nitrogens with zero attached hydrogens (tertiary/aromatic N) is 3. The second-order valence-electron chi connectivity index (χ2n) is 9.38. The van der Waals surface area contributed by atoms with E-state index in [0.717, 1.165) is 59.3 Å². The van der Waals surface area contributed by atoms with Crippen LogP contribution >= 0.6 is 11.3 Å². The fraction of sp³-hybridized carbons (Fsp3) is 0.480. The summed E-state index contributed by atoms with van der Waals surface area (Å²) in [6, 6.07) is 7.99. The molecule has 0 atom stereocenters. The maximum Gasteiger partial charge on any atom is 0.226 e. The number of aromatic nitrogens is 3. The van der Waals surface area contributed by atoms with Gasteiger partial charge in [-0.05, 0) is 63.8 Å². The van der Waals surface area contributed by atoms with Crippen LogP contribution in [0.1, 0.15) is 38.6 Å². The van der Waals surface area contributed by atoms with Gasteiger partial charge in [-0.3, -0.25) is 9.48 Å². The molecule has 1 aromatic carbocycles. The van der Waals surface area contributed by atoms with E-state index in [9.17, 15) is 4.79 Å². The molecule has 7 nitrogen and oxygen atoms in total. The van der Waals surface area contributed by atoms with E-state index in [1.54, 1.807) is 7.11 Å². The van der Waals surface area contributed by atoms with Crippen molar-refractivity contribution in [2.75, 3.05) is 26.9 Å². The fourth-order valence-electron chi connectivity index (χ4n) is 4.00. The normalized spacial score (nSPS) is 14.9. The number of methoxy groups -OCH3 is 1. The molecule has 3 aromatic rings. The van der Waals surface area contributed by atoms with Gasteiger partial charge in [0, 0.05) is 36.3 Å². The Morgan fingerprint density at radius 3 is 2.64 bits per heavy atom. The summed E-state index contributed by atoms with van der Waals surface area (Å²) >= 11 is 1.51. The van der Waals surface area contributed by atoms with Gasteiger partial charge in [-0.25, -0.2) is 4.98 Å². The van der Waals surface area contributed by atoms with Crippen molar-refractivity contribution in [1.82, 2.24) is 20.1 Å². The summed E-state index contributed by atoms with van der Waals surface area (Å²) in [5.41, 5.74) is 3.65. The Balaban J connectivity index is 1.53. The smallest absolute Gasteiger partial charge is 0.226 e. The fourth-order valence-corrected chi connectivity index (χ4v) is 4.79. The zero-order valence-corrected chi connectivity index (χ0v) is 20.6. The number of hydrogen-bond acceptors (Lipinski definition) is 6. The first kappa shape index (κ1) is 23.4. The molecular formula is C25H32N4O3S. The van der Waals surface area contributed by atoms with Crippen LogP contribution in [0.25, 0.3) is 22.5 Å². The van der Waals surface area contributed by atoms with Crippen LogP contribution in [0.5, 0.6) is 5.75 Å². The maximum absolute atomic E-state index is 12.5. The Kier molecular flexibility index (Phi) is 7.14. The molecule has 0 unspecified atom stereocenters. The topological polar surface area (TPSA) is 78.3 Å². The molecule has 1 N–H and O–H groups in total. The Morgan fingerprint density at radius 2 is 1.97 bits per heavy atom. The Bertz CT molecular complexity index is 1080. The van der Waals surface area contributed by atoms with Crippen LogP contribution in [0.3, 0.4) is 0 Å². The summed E-state index contributed by atoms with van der Waals surface area (Å²) in [7, 11) is 1.66. The van der Waals surface area contributed by atoms with E-state index < -0.39 is 0 Å². The van der Waals surface area contributed by atoms with Crippen LogP contribution < -0.4 is 10.1 Å². The van der Waals surface area contributed by atoms with E-state index in [2.05, 4.69) is 26.1 Å². The van der Waals surface area contributed by atoms with Crippen molar-refractivity contribution >= 4 is 17.2 Å². The summed E-state index contributed by atoms with van der Waals surface area (Å²) in [5, 5.41) is 10.6. The van der Waals surface area contributed by atoms with E-state index in [4.69, 9.17) is 19.6 Å². The van der Waals surface area contributed by atoms with Gasteiger partial charge in [0.25, 0.3) is 0 Å². The molecule has 0 spiro atoms. The van der Waals surface area contributed by atoms with Gasteiger partial charge >= 0.3 is 0 Å². The van der Waals surface area contributed by atoms with Crippen LogP contribution in [0.15, 0.2) is 35.8 Å². The first-order valence-electron chi connectivity index (χ1n) is 11.4. The molecule has 4 rings (SSSR count). The lowest BCUT2D eigenvalue weighted by molar-refractivity contribution is -0.120. The second-order valence-corrected chi connectivity index (χ2v) is 10.3. The van der Waals surface area contributed by atoms with Gasteiger partial charge in [0.1, 0.15) is 10.8 Å². The van der Waals surface area contributed by atoms with E-state index >= 15 is 0 Å². The van der Waals surface area contributed by atoms with Gasteiger partial charge in [0.05, 0.1) is 36.7 Å². The first-order chi connectivity index (χ1) is 15.8. The first-order valence-corrected chi connectivity index (χ1v) is 12.3. The van der Waals surface area contributed by atoms with Gasteiger partial charge in [0.2, 0.25) is 5.91 Å². The predicted molar refractivity (Wildman–Crippen MR) is 131 cm³/mol. The molecule has 33 heavy (non-hydrogen) atoms. The van der Waals surface area contributed by atoms with Crippen molar-refractivity contribution in [3.8, 4) is 28.3 Å². The molecule has 1 saturated heterocycles. The van der Waals surface area contributed by atoms with Crippen molar-refractivity contribution < 1.29 is 14.3 Å². The van der Waals surface area contributed by atoms with E-state index in [1.807, 2.05) is 40.5 Å². The zero-order chi connectivity index (χ0) is 23.4. The lowest BCUT2D eigenvalue weighted by Crippen LogP contribution is -2.33. The quantitative estimate of drug-likeness (QED) is 0.552. The molecule has 0 radical (unpaired) electrons. The van der Waals surface area contributed by atoms with Gasteiger partial charge < -0.3 is 14.8 Å². The Hall–Kier alpha value is -2.71. The van der Waals surface area contributed by atoms with Crippen molar-refractivity contribution in [2.24, 2.45) is 5.92 Å². The largest absolute Gasteiger partial charge is 0.497 e. The lowest BCUT2D eigenvalue weighted by atomic mass is 10.0. The Morgan fingerprint density at radius 1 is 1.24 bits per heavy atom. The summed E-state index contributed by atoms with van der Waals surface area (Å²) in [5.74, 6) is 1.33. The third-order valence-corrected chi connectivity index (χ3v) is 6.69. The molecule has 1 amide bonds. The molecule has 3 heterocycles. The van der Waals surface area contributed by atoms with Gasteiger partial charge in [-0.2, -0.15) is 5.10 Å². The third-order valence-electron chi connectivity index (χ3n) is 5.84. The number of hydrogen-bond donors (Lipinski definition) is 1. The number of ether oxygens (including phenoxy) is 2. The molecule has 0 saturated carbocycles. The molecule has 1 aliphatic rings. The van der Waals surface area contributed by atoms with Crippen LogP contribution in [-0.2, 0) is 21.5 Å². The number of amides is 1. The Labute approximate surface area is 199 Å². The predicted octanol–water partition coefficient (Wildman–Crippen LogP) is 4.52. The number of nitrogens with one attached hydrogen (secondary N) is 1. The van der Waals surface area contributed by atoms with Crippen LogP contribution in [0.2, 0.25) is 0 Å². The van der Waals surface area contributed by atoms with E-state index in [-0.39, 0.29) is 11.4 Å². The zero-order valence-electron chi connectivity index (χ0n) is 19.8. The third kappa shape index (κ3) is 5.62. The van der Waals surface area contributed by atoms with Crippen molar-refractivity contribution in [3.63, 3.8) is 0 Å². The minimum atomic E-state index is -0.198. The SMILES string of the molecule is COc1ccc(-c2c(-c3csc(CC(=O)NCC4CCOCC4)n3)cnn2C(C)(C)C)cc1. The summed E-state index contributed by atoms with van der Waals surface area (Å²) in [4.78, 5) is 17.3. The highest BCUT2D eigenvalue weighted by molar-refractivity contribution is 7.10. The minimum absolute atomic E-state index is 0.0168. The molecule has 0 bridgehead atoms. The molecule has 176 valence electrons. The number of benzene rings is 1. The molecule has 2 aromatic heterocycles. The average Bonchev–Trinajstić information content (AvgIpc) is 3.45. The number of carbonyl (C=O) groups excluding carboxylic acids is 1. The highest BCUT2D eigenvalue weighted by Crippen LogP contribution is 2.36. The van der Waals surface area contributed by atoms with Gasteiger partial charge in [-0.15, -0.1) is 11.3 Å².